The summed E-state index contributed by atoms with van der Waals surface area (Å²) in [7, 11) is 1.68. The lowest BCUT2D eigenvalue weighted by Crippen LogP contribution is -2.19. The van der Waals surface area contributed by atoms with Gasteiger partial charge in [-0.1, -0.05) is 13.0 Å². The Labute approximate surface area is 111 Å². The summed E-state index contributed by atoms with van der Waals surface area (Å²) in [6.07, 6.45) is 0. The van der Waals surface area contributed by atoms with Crippen molar-refractivity contribution in [2.45, 2.75) is 19.9 Å². The SMILES string of the molecule is CCSCC(C)Nc1cccc(NC)c1[N+](=O)[O-]. The zero-order valence-corrected chi connectivity index (χ0v) is 11.7. The maximum Gasteiger partial charge on any atom is 0.315 e. The van der Waals surface area contributed by atoms with Gasteiger partial charge in [0.1, 0.15) is 11.4 Å². The van der Waals surface area contributed by atoms with E-state index in [1.807, 2.05) is 18.7 Å². The first kappa shape index (κ1) is 14.6. The summed E-state index contributed by atoms with van der Waals surface area (Å²) in [6, 6.07) is 5.45. The number of nitro benzene ring substituents is 1. The highest BCUT2D eigenvalue weighted by Crippen LogP contribution is 2.32. The molecule has 0 aliphatic heterocycles. The highest BCUT2D eigenvalue weighted by molar-refractivity contribution is 7.99. The first-order valence-corrected chi connectivity index (χ1v) is 7.05. The Morgan fingerprint density at radius 1 is 1.44 bits per heavy atom. The Hall–Kier alpha value is -1.43. The average molecular weight is 269 g/mol. The molecular formula is C12H19N3O2S. The highest BCUT2D eigenvalue weighted by atomic mass is 32.2. The zero-order valence-electron chi connectivity index (χ0n) is 10.9. The molecule has 1 aromatic carbocycles. The fraction of sp³-hybridized carbons (Fsp3) is 0.500. The number of rotatable bonds is 7. The number of nitrogens with zero attached hydrogens (tertiary/aromatic N) is 1. The van der Waals surface area contributed by atoms with E-state index in [4.69, 9.17) is 0 Å². The van der Waals surface area contributed by atoms with Gasteiger partial charge in [-0.3, -0.25) is 10.1 Å². The number of thioether (sulfide) groups is 1. The van der Waals surface area contributed by atoms with Crippen LogP contribution in [-0.2, 0) is 0 Å². The molecule has 0 heterocycles. The van der Waals surface area contributed by atoms with Crippen LogP contribution >= 0.6 is 11.8 Å². The Morgan fingerprint density at radius 2 is 2.11 bits per heavy atom. The lowest BCUT2D eigenvalue weighted by molar-refractivity contribution is -0.383. The molecule has 0 spiro atoms. The van der Waals surface area contributed by atoms with E-state index in [-0.39, 0.29) is 16.7 Å². The second kappa shape index (κ2) is 7.10. The first-order valence-electron chi connectivity index (χ1n) is 5.89. The van der Waals surface area contributed by atoms with E-state index in [2.05, 4.69) is 17.6 Å². The lowest BCUT2D eigenvalue weighted by Gasteiger charge is -2.15. The van der Waals surface area contributed by atoms with Gasteiger partial charge >= 0.3 is 5.69 Å². The number of hydrogen-bond donors (Lipinski definition) is 2. The number of para-hydroxylation sites is 1. The van der Waals surface area contributed by atoms with Crippen molar-refractivity contribution < 1.29 is 4.92 Å². The van der Waals surface area contributed by atoms with Crippen molar-refractivity contribution in [1.29, 1.82) is 0 Å². The van der Waals surface area contributed by atoms with E-state index in [0.29, 0.717) is 11.4 Å². The molecule has 2 N–H and O–H groups in total. The van der Waals surface area contributed by atoms with Crippen LogP contribution in [0.4, 0.5) is 17.1 Å². The number of anilines is 2. The van der Waals surface area contributed by atoms with Gasteiger partial charge in [0, 0.05) is 18.8 Å². The number of nitro groups is 1. The maximum absolute atomic E-state index is 11.1. The molecule has 5 nitrogen and oxygen atoms in total. The summed E-state index contributed by atoms with van der Waals surface area (Å²) in [6.45, 7) is 4.12. The van der Waals surface area contributed by atoms with Crippen LogP contribution in [0.25, 0.3) is 0 Å². The molecule has 0 aliphatic carbocycles. The molecule has 6 heteroatoms. The van der Waals surface area contributed by atoms with Gasteiger partial charge in [0.25, 0.3) is 0 Å². The summed E-state index contributed by atoms with van der Waals surface area (Å²) in [5.74, 6) is 1.97. The minimum Gasteiger partial charge on any atom is -0.382 e. The van der Waals surface area contributed by atoms with Crippen LogP contribution < -0.4 is 10.6 Å². The molecule has 0 fully saturated rings. The smallest absolute Gasteiger partial charge is 0.315 e. The number of nitrogens with one attached hydrogen (secondary N) is 2. The molecule has 100 valence electrons. The van der Waals surface area contributed by atoms with Crippen molar-refractivity contribution in [1.82, 2.24) is 0 Å². The van der Waals surface area contributed by atoms with E-state index >= 15 is 0 Å². The summed E-state index contributed by atoms with van der Waals surface area (Å²) < 4.78 is 0. The third kappa shape index (κ3) is 3.80. The van der Waals surface area contributed by atoms with Gasteiger partial charge in [-0.25, -0.2) is 0 Å². The molecule has 1 unspecified atom stereocenters. The quantitative estimate of drug-likeness (QED) is 0.588. The molecule has 18 heavy (non-hydrogen) atoms. The minimum atomic E-state index is -0.353. The molecule has 0 saturated heterocycles. The van der Waals surface area contributed by atoms with E-state index in [1.165, 1.54) is 0 Å². The van der Waals surface area contributed by atoms with E-state index < -0.39 is 0 Å². The Morgan fingerprint density at radius 3 is 2.67 bits per heavy atom. The van der Waals surface area contributed by atoms with Crippen LogP contribution in [0.5, 0.6) is 0 Å². The molecule has 0 amide bonds. The van der Waals surface area contributed by atoms with Gasteiger partial charge in [0.15, 0.2) is 0 Å². The Bertz CT molecular complexity index is 412. The van der Waals surface area contributed by atoms with E-state index in [0.717, 1.165) is 11.5 Å². The average Bonchev–Trinajstić information content (AvgIpc) is 2.35. The summed E-state index contributed by atoms with van der Waals surface area (Å²) in [4.78, 5) is 10.8. The van der Waals surface area contributed by atoms with Crippen molar-refractivity contribution in [3.8, 4) is 0 Å². The zero-order chi connectivity index (χ0) is 13.5. The fourth-order valence-electron chi connectivity index (χ4n) is 1.66. The summed E-state index contributed by atoms with van der Waals surface area (Å²) in [5.41, 5.74) is 1.20. The highest BCUT2D eigenvalue weighted by Gasteiger charge is 2.19. The van der Waals surface area contributed by atoms with Crippen LogP contribution in [-0.4, -0.2) is 29.5 Å². The molecule has 0 aromatic heterocycles. The van der Waals surface area contributed by atoms with Crippen LogP contribution in [0.1, 0.15) is 13.8 Å². The van der Waals surface area contributed by atoms with Gasteiger partial charge in [-0.05, 0) is 24.8 Å². The molecule has 1 rings (SSSR count). The number of hydrogen-bond acceptors (Lipinski definition) is 5. The molecule has 1 atom stereocenters. The molecule has 0 bridgehead atoms. The van der Waals surface area contributed by atoms with Gasteiger partial charge in [-0.2, -0.15) is 11.8 Å². The van der Waals surface area contributed by atoms with Gasteiger partial charge in [0.2, 0.25) is 0 Å². The van der Waals surface area contributed by atoms with Crippen molar-refractivity contribution in [2.24, 2.45) is 0 Å². The largest absolute Gasteiger partial charge is 0.382 e. The molecule has 0 saturated carbocycles. The second-order valence-electron chi connectivity index (χ2n) is 3.91. The molecule has 0 aliphatic rings. The predicted octanol–water partition coefficient (Wildman–Crippen LogP) is 3.19. The molecule has 0 radical (unpaired) electrons. The second-order valence-corrected chi connectivity index (χ2v) is 5.23. The third-order valence-electron chi connectivity index (χ3n) is 2.46. The van der Waals surface area contributed by atoms with Crippen LogP contribution in [0, 0.1) is 10.1 Å². The lowest BCUT2D eigenvalue weighted by atomic mass is 10.2. The van der Waals surface area contributed by atoms with Gasteiger partial charge in [-0.15, -0.1) is 0 Å². The molecule has 1 aromatic rings. The topological polar surface area (TPSA) is 67.2 Å². The number of benzene rings is 1. The Kier molecular flexibility index (Phi) is 5.77. The minimum absolute atomic E-state index is 0.105. The van der Waals surface area contributed by atoms with E-state index in [1.54, 1.807) is 25.2 Å². The summed E-state index contributed by atoms with van der Waals surface area (Å²) in [5, 5.41) is 17.2. The van der Waals surface area contributed by atoms with Crippen molar-refractivity contribution in [3.05, 3.63) is 28.3 Å². The van der Waals surface area contributed by atoms with E-state index in [9.17, 15) is 10.1 Å². The first-order chi connectivity index (χ1) is 8.60. The Balaban J connectivity index is 2.90. The van der Waals surface area contributed by atoms with Crippen LogP contribution in [0.2, 0.25) is 0 Å². The maximum atomic E-state index is 11.1. The fourth-order valence-corrected chi connectivity index (χ4v) is 2.33. The van der Waals surface area contributed by atoms with Crippen molar-refractivity contribution in [3.63, 3.8) is 0 Å². The summed E-state index contributed by atoms with van der Waals surface area (Å²) >= 11 is 1.81. The van der Waals surface area contributed by atoms with Crippen LogP contribution in [0.3, 0.4) is 0 Å². The third-order valence-corrected chi connectivity index (χ3v) is 3.61. The predicted molar refractivity (Wildman–Crippen MR) is 78.7 cm³/mol. The molecular weight excluding hydrogens is 250 g/mol. The van der Waals surface area contributed by atoms with Crippen molar-refractivity contribution in [2.75, 3.05) is 29.2 Å². The normalized spacial score (nSPS) is 11.9. The monoisotopic (exact) mass is 269 g/mol. The van der Waals surface area contributed by atoms with Gasteiger partial charge < -0.3 is 10.6 Å². The van der Waals surface area contributed by atoms with Crippen molar-refractivity contribution >= 4 is 28.8 Å². The standard InChI is InChI=1S/C12H19N3O2S/c1-4-18-8-9(2)14-11-7-5-6-10(13-3)12(11)15(16)17/h5-7,9,13-14H,4,8H2,1-3H3. The van der Waals surface area contributed by atoms with Crippen LogP contribution in [0.15, 0.2) is 18.2 Å². The van der Waals surface area contributed by atoms with Gasteiger partial charge in [0.05, 0.1) is 4.92 Å².